The summed E-state index contributed by atoms with van der Waals surface area (Å²) in [6, 6.07) is 7.75. The Hall–Kier alpha value is -1.51. The summed E-state index contributed by atoms with van der Waals surface area (Å²) in [4.78, 5) is 11.9. The maximum atomic E-state index is 11.9. The lowest BCUT2D eigenvalue weighted by molar-refractivity contribution is -0.122. The van der Waals surface area contributed by atoms with Crippen LogP contribution in [0, 0.1) is 5.41 Å². The number of hydrogen-bond donors (Lipinski definition) is 2. The van der Waals surface area contributed by atoms with Crippen LogP contribution in [0.5, 0.6) is 0 Å². The summed E-state index contributed by atoms with van der Waals surface area (Å²) in [5.41, 5.74) is 8.10. The Balaban J connectivity index is 1.74. The number of amides is 1. The van der Waals surface area contributed by atoms with Crippen LogP contribution in [0.4, 0.5) is 5.69 Å². The van der Waals surface area contributed by atoms with Gasteiger partial charge in [0.2, 0.25) is 5.91 Å². The van der Waals surface area contributed by atoms with Crippen LogP contribution < -0.4 is 11.1 Å². The van der Waals surface area contributed by atoms with Gasteiger partial charge < -0.3 is 11.1 Å². The molecule has 0 radical (unpaired) electrons. The predicted octanol–water partition coefficient (Wildman–Crippen LogP) is 2.90. The van der Waals surface area contributed by atoms with Gasteiger partial charge in [-0.25, -0.2) is 0 Å². The summed E-state index contributed by atoms with van der Waals surface area (Å²) >= 11 is 0. The molecule has 0 saturated heterocycles. The SMILES string of the molecule is CCC1(CNC(=O)CCc2ccccc2N)CCC1. The molecular weight excluding hydrogens is 236 g/mol. The standard InChI is InChI=1S/C16H24N2O/c1-2-16(10-5-11-16)12-18-15(19)9-8-13-6-3-4-7-14(13)17/h3-4,6-7H,2,5,8-12,17H2,1H3,(H,18,19). The van der Waals surface area contributed by atoms with Gasteiger partial charge in [0.1, 0.15) is 0 Å². The van der Waals surface area contributed by atoms with Gasteiger partial charge in [0, 0.05) is 18.7 Å². The van der Waals surface area contributed by atoms with Crippen molar-refractivity contribution in [3.63, 3.8) is 0 Å². The average Bonchev–Trinajstić information content (AvgIpc) is 2.37. The zero-order valence-corrected chi connectivity index (χ0v) is 11.7. The van der Waals surface area contributed by atoms with Crippen LogP contribution in [-0.4, -0.2) is 12.5 Å². The highest BCUT2D eigenvalue weighted by molar-refractivity contribution is 5.76. The van der Waals surface area contributed by atoms with E-state index in [0.29, 0.717) is 11.8 Å². The lowest BCUT2D eigenvalue weighted by Gasteiger charge is -2.41. The Morgan fingerprint density at radius 3 is 2.68 bits per heavy atom. The highest BCUT2D eigenvalue weighted by atomic mass is 16.1. The number of nitrogens with one attached hydrogen (secondary N) is 1. The van der Waals surface area contributed by atoms with Crippen molar-refractivity contribution in [3.05, 3.63) is 29.8 Å². The van der Waals surface area contributed by atoms with Crippen LogP contribution in [-0.2, 0) is 11.2 Å². The third-order valence-electron chi connectivity index (χ3n) is 4.50. The van der Waals surface area contributed by atoms with Gasteiger partial charge in [0.05, 0.1) is 0 Å². The highest BCUT2D eigenvalue weighted by Crippen LogP contribution is 2.43. The summed E-state index contributed by atoms with van der Waals surface area (Å²) in [6.07, 6.45) is 6.24. The van der Waals surface area contributed by atoms with Gasteiger partial charge in [-0.3, -0.25) is 4.79 Å². The molecule has 104 valence electrons. The fourth-order valence-electron chi connectivity index (χ4n) is 2.72. The fraction of sp³-hybridized carbons (Fsp3) is 0.562. The fourth-order valence-corrected chi connectivity index (χ4v) is 2.72. The zero-order valence-electron chi connectivity index (χ0n) is 11.7. The minimum atomic E-state index is 0.142. The van der Waals surface area contributed by atoms with Crippen LogP contribution in [0.1, 0.15) is 44.6 Å². The van der Waals surface area contributed by atoms with Crippen molar-refractivity contribution >= 4 is 11.6 Å². The first-order valence-corrected chi connectivity index (χ1v) is 7.25. The maximum Gasteiger partial charge on any atom is 0.220 e. The number of para-hydroxylation sites is 1. The zero-order chi connectivity index (χ0) is 13.7. The van der Waals surface area contributed by atoms with E-state index in [9.17, 15) is 4.79 Å². The molecule has 0 bridgehead atoms. The second kappa shape index (κ2) is 6.09. The molecule has 3 nitrogen and oxygen atoms in total. The molecule has 3 heteroatoms. The minimum Gasteiger partial charge on any atom is -0.399 e. The van der Waals surface area contributed by atoms with Crippen molar-refractivity contribution in [2.24, 2.45) is 5.41 Å². The first kappa shape index (κ1) is 13.9. The normalized spacial score (nSPS) is 16.7. The molecule has 0 aromatic heterocycles. The number of benzene rings is 1. The number of hydrogen-bond acceptors (Lipinski definition) is 2. The predicted molar refractivity (Wildman–Crippen MR) is 78.8 cm³/mol. The summed E-state index contributed by atoms with van der Waals surface area (Å²) < 4.78 is 0. The van der Waals surface area contributed by atoms with E-state index in [4.69, 9.17) is 5.73 Å². The number of rotatable bonds is 6. The Labute approximate surface area is 115 Å². The summed E-state index contributed by atoms with van der Waals surface area (Å²) in [7, 11) is 0. The van der Waals surface area contributed by atoms with Crippen molar-refractivity contribution < 1.29 is 4.79 Å². The van der Waals surface area contributed by atoms with Crippen LogP contribution in [0.2, 0.25) is 0 Å². The van der Waals surface area contributed by atoms with E-state index in [0.717, 1.165) is 24.2 Å². The number of anilines is 1. The molecule has 1 aliphatic rings. The summed E-state index contributed by atoms with van der Waals surface area (Å²) in [6.45, 7) is 3.06. The van der Waals surface area contributed by atoms with Crippen molar-refractivity contribution in [1.82, 2.24) is 5.32 Å². The van der Waals surface area contributed by atoms with E-state index >= 15 is 0 Å². The highest BCUT2D eigenvalue weighted by Gasteiger charge is 2.34. The molecule has 1 saturated carbocycles. The molecule has 1 aromatic carbocycles. The van der Waals surface area contributed by atoms with E-state index in [1.807, 2.05) is 24.3 Å². The molecule has 1 aliphatic carbocycles. The Morgan fingerprint density at radius 1 is 1.37 bits per heavy atom. The lowest BCUT2D eigenvalue weighted by Crippen LogP contribution is -2.41. The molecule has 1 fully saturated rings. The monoisotopic (exact) mass is 260 g/mol. The largest absolute Gasteiger partial charge is 0.399 e. The molecule has 0 spiro atoms. The quantitative estimate of drug-likeness (QED) is 0.773. The molecule has 1 amide bonds. The van der Waals surface area contributed by atoms with E-state index in [2.05, 4.69) is 12.2 Å². The van der Waals surface area contributed by atoms with Gasteiger partial charge in [0.25, 0.3) is 0 Å². The van der Waals surface area contributed by atoms with E-state index in [1.165, 1.54) is 25.7 Å². The van der Waals surface area contributed by atoms with Crippen LogP contribution in [0.15, 0.2) is 24.3 Å². The Kier molecular flexibility index (Phi) is 4.46. The van der Waals surface area contributed by atoms with Crippen molar-refractivity contribution in [2.45, 2.75) is 45.4 Å². The molecular formula is C16H24N2O. The molecule has 2 rings (SSSR count). The molecule has 0 heterocycles. The third-order valence-corrected chi connectivity index (χ3v) is 4.50. The second-order valence-electron chi connectivity index (χ2n) is 5.68. The van der Waals surface area contributed by atoms with Gasteiger partial charge >= 0.3 is 0 Å². The van der Waals surface area contributed by atoms with Gasteiger partial charge in [-0.05, 0) is 42.7 Å². The van der Waals surface area contributed by atoms with Crippen molar-refractivity contribution in [2.75, 3.05) is 12.3 Å². The number of carbonyl (C=O) groups is 1. The average molecular weight is 260 g/mol. The van der Waals surface area contributed by atoms with Gasteiger partial charge in [0.15, 0.2) is 0 Å². The van der Waals surface area contributed by atoms with Crippen LogP contribution in [0.3, 0.4) is 0 Å². The smallest absolute Gasteiger partial charge is 0.220 e. The third kappa shape index (κ3) is 3.49. The van der Waals surface area contributed by atoms with Crippen LogP contribution >= 0.6 is 0 Å². The van der Waals surface area contributed by atoms with Crippen molar-refractivity contribution in [3.8, 4) is 0 Å². The molecule has 0 aliphatic heterocycles. The summed E-state index contributed by atoms with van der Waals surface area (Å²) in [5.74, 6) is 0.142. The van der Waals surface area contributed by atoms with E-state index in [1.54, 1.807) is 0 Å². The molecule has 0 unspecified atom stereocenters. The number of aryl methyl sites for hydroxylation is 1. The number of nitrogens with two attached hydrogens (primary N) is 1. The molecule has 3 N–H and O–H groups in total. The minimum absolute atomic E-state index is 0.142. The number of carbonyl (C=O) groups excluding carboxylic acids is 1. The Bertz CT molecular complexity index is 433. The molecule has 1 aromatic rings. The topological polar surface area (TPSA) is 55.1 Å². The molecule has 0 atom stereocenters. The number of nitrogen functional groups attached to an aromatic ring is 1. The van der Waals surface area contributed by atoms with Gasteiger partial charge in [-0.15, -0.1) is 0 Å². The van der Waals surface area contributed by atoms with Crippen LogP contribution in [0.25, 0.3) is 0 Å². The molecule has 19 heavy (non-hydrogen) atoms. The van der Waals surface area contributed by atoms with E-state index < -0.39 is 0 Å². The van der Waals surface area contributed by atoms with Gasteiger partial charge in [-0.2, -0.15) is 0 Å². The first-order valence-electron chi connectivity index (χ1n) is 7.25. The maximum absolute atomic E-state index is 11.9. The van der Waals surface area contributed by atoms with Gasteiger partial charge in [-0.1, -0.05) is 31.5 Å². The van der Waals surface area contributed by atoms with Crippen molar-refractivity contribution in [1.29, 1.82) is 0 Å². The second-order valence-corrected chi connectivity index (χ2v) is 5.68. The lowest BCUT2D eigenvalue weighted by atomic mass is 9.67. The van der Waals surface area contributed by atoms with E-state index in [-0.39, 0.29) is 5.91 Å². The Morgan fingerprint density at radius 2 is 2.11 bits per heavy atom. The first-order chi connectivity index (χ1) is 9.15. The summed E-state index contributed by atoms with van der Waals surface area (Å²) in [5, 5.41) is 3.09.